The molecule has 6 nitrogen and oxygen atoms in total. The molecule has 0 aromatic carbocycles. The van der Waals surface area contributed by atoms with Crippen LogP contribution in [0.1, 0.15) is 0 Å². The van der Waals surface area contributed by atoms with Crippen LogP contribution in [-0.4, -0.2) is 35.0 Å². The van der Waals surface area contributed by atoms with Gasteiger partial charge in [0.15, 0.2) is 5.13 Å². The number of aromatic nitrogens is 3. The second-order valence-corrected chi connectivity index (χ2v) is 4.50. The van der Waals surface area contributed by atoms with Gasteiger partial charge in [0.05, 0.1) is 6.61 Å². The van der Waals surface area contributed by atoms with Crippen molar-refractivity contribution in [2.75, 3.05) is 25.6 Å². The van der Waals surface area contributed by atoms with Gasteiger partial charge in [-0.25, -0.2) is 9.67 Å². The van der Waals surface area contributed by atoms with E-state index in [1.165, 1.54) is 22.1 Å². The first-order chi connectivity index (χ1) is 8.70. The summed E-state index contributed by atoms with van der Waals surface area (Å²) >= 11 is 1.50. The van der Waals surface area contributed by atoms with Crippen LogP contribution >= 0.6 is 11.3 Å². The zero-order valence-corrected chi connectivity index (χ0v) is 11.0. The Morgan fingerprint density at radius 1 is 1.44 bits per heavy atom. The van der Waals surface area contributed by atoms with Gasteiger partial charge >= 0.3 is 0 Å². The van der Waals surface area contributed by atoms with Crippen molar-refractivity contribution in [3.8, 4) is 11.4 Å². The van der Waals surface area contributed by atoms with Crippen LogP contribution in [0.5, 0.6) is 0 Å². The van der Waals surface area contributed by atoms with Crippen molar-refractivity contribution in [3.63, 3.8) is 0 Å². The second-order valence-electron chi connectivity index (χ2n) is 3.64. The van der Waals surface area contributed by atoms with Crippen LogP contribution in [-0.2, 0) is 11.8 Å². The van der Waals surface area contributed by atoms with Crippen LogP contribution in [0, 0.1) is 0 Å². The molecule has 0 aliphatic rings. The summed E-state index contributed by atoms with van der Waals surface area (Å²) in [6, 6.07) is 3.16. The molecular formula is C11H14N4O2S. The predicted molar refractivity (Wildman–Crippen MR) is 71.0 cm³/mol. The average Bonchev–Trinajstić information content (AvgIpc) is 2.82. The lowest BCUT2D eigenvalue weighted by Gasteiger charge is -2.00. The summed E-state index contributed by atoms with van der Waals surface area (Å²) in [5.41, 5.74) is 1.32. The number of nitrogens with zero attached hydrogens (tertiary/aromatic N) is 3. The maximum Gasteiger partial charge on any atom is 0.266 e. The molecule has 0 amide bonds. The highest BCUT2D eigenvalue weighted by molar-refractivity contribution is 7.14. The average molecular weight is 266 g/mol. The Morgan fingerprint density at radius 2 is 2.28 bits per heavy atom. The molecule has 1 N–H and O–H groups in total. The molecular weight excluding hydrogens is 252 g/mol. The molecule has 0 radical (unpaired) electrons. The maximum absolute atomic E-state index is 11.2. The van der Waals surface area contributed by atoms with Gasteiger partial charge in [0.2, 0.25) is 0 Å². The molecule has 96 valence electrons. The normalized spacial score (nSPS) is 10.6. The fourth-order valence-corrected chi connectivity index (χ4v) is 2.10. The lowest BCUT2D eigenvalue weighted by Crippen LogP contribution is -2.18. The van der Waals surface area contributed by atoms with Gasteiger partial charge in [0.25, 0.3) is 5.56 Å². The Morgan fingerprint density at radius 3 is 3.00 bits per heavy atom. The molecule has 0 aliphatic carbocycles. The van der Waals surface area contributed by atoms with E-state index in [2.05, 4.69) is 15.4 Å². The van der Waals surface area contributed by atoms with Crippen molar-refractivity contribution in [2.45, 2.75) is 0 Å². The SMILES string of the molecule is COCCNc1nc(-c2ccc(=O)n(C)n2)cs1. The van der Waals surface area contributed by atoms with Gasteiger partial charge in [0.1, 0.15) is 11.4 Å². The molecule has 2 aromatic heterocycles. The summed E-state index contributed by atoms with van der Waals surface area (Å²) in [6.45, 7) is 1.34. The fraction of sp³-hybridized carbons (Fsp3) is 0.364. The minimum atomic E-state index is -0.132. The number of hydrogen-bond acceptors (Lipinski definition) is 6. The molecule has 2 heterocycles. The van der Waals surface area contributed by atoms with Gasteiger partial charge < -0.3 is 10.1 Å². The predicted octanol–water partition coefficient (Wildman–Crippen LogP) is 0.962. The van der Waals surface area contributed by atoms with E-state index in [9.17, 15) is 4.79 Å². The first kappa shape index (κ1) is 12.7. The Bertz CT molecular complexity index is 578. The van der Waals surface area contributed by atoms with E-state index in [0.717, 1.165) is 10.8 Å². The first-order valence-electron chi connectivity index (χ1n) is 5.44. The Labute approximate surface area is 108 Å². The zero-order valence-electron chi connectivity index (χ0n) is 10.2. The largest absolute Gasteiger partial charge is 0.383 e. The van der Waals surface area contributed by atoms with Crippen molar-refractivity contribution < 1.29 is 4.74 Å². The second kappa shape index (κ2) is 5.74. The molecule has 0 unspecified atom stereocenters. The maximum atomic E-state index is 11.2. The van der Waals surface area contributed by atoms with Crippen LogP contribution in [0.3, 0.4) is 0 Å². The summed E-state index contributed by atoms with van der Waals surface area (Å²) in [5, 5.41) is 10.0. The highest BCUT2D eigenvalue weighted by Gasteiger charge is 2.06. The van der Waals surface area contributed by atoms with Crippen LogP contribution in [0.15, 0.2) is 22.3 Å². The summed E-state index contributed by atoms with van der Waals surface area (Å²) in [7, 11) is 3.28. The lowest BCUT2D eigenvalue weighted by molar-refractivity contribution is 0.211. The number of aryl methyl sites for hydroxylation is 1. The van der Waals surface area contributed by atoms with Crippen LogP contribution in [0.25, 0.3) is 11.4 Å². The van der Waals surface area contributed by atoms with Crippen LogP contribution < -0.4 is 10.9 Å². The fourth-order valence-electron chi connectivity index (χ4n) is 1.37. The molecule has 0 bridgehead atoms. The van der Waals surface area contributed by atoms with Gasteiger partial charge in [0, 0.05) is 32.1 Å². The van der Waals surface area contributed by atoms with E-state index in [0.29, 0.717) is 18.8 Å². The highest BCUT2D eigenvalue weighted by atomic mass is 32.1. The molecule has 0 spiro atoms. The van der Waals surface area contributed by atoms with Crippen molar-refractivity contribution in [1.82, 2.24) is 14.8 Å². The minimum absolute atomic E-state index is 0.132. The summed E-state index contributed by atoms with van der Waals surface area (Å²) in [6.07, 6.45) is 0. The first-order valence-corrected chi connectivity index (χ1v) is 6.32. The van der Waals surface area contributed by atoms with Gasteiger partial charge in [-0.3, -0.25) is 4.79 Å². The van der Waals surface area contributed by atoms with Crippen LogP contribution in [0.2, 0.25) is 0 Å². The van der Waals surface area contributed by atoms with Crippen LogP contribution in [0.4, 0.5) is 5.13 Å². The van der Waals surface area contributed by atoms with Gasteiger partial charge in [-0.2, -0.15) is 5.10 Å². The number of thiazole rings is 1. The number of hydrogen-bond donors (Lipinski definition) is 1. The standard InChI is InChI=1S/C11H14N4O2S/c1-15-10(16)4-3-8(14-15)9-7-18-11(13-9)12-5-6-17-2/h3-4,7H,5-6H2,1-2H3,(H,12,13). The molecule has 2 rings (SSSR count). The van der Waals surface area contributed by atoms with Gasteiger partial charge in [-0.1, -0.05) is 0 Å². The third-order valence-corrected chi connectivity index (χ3v) is 3.11. The molecule has 18 heavy (non-hydrogen) atoms. The molecule has 7 heteroatoms. The Kier molecular flexibility index (Phi) is 4.06. The molecule has 0 saturated carbocycles. The van der Waals surface area contributed by atoms with E-state index in [1.807, 2.05) is 5.38 Å². The van der Waals surface area contributed by atoms with Crippen molar-refractivity contribution >= 4 is 16.5 Å². The number of methoxy groups -OCH3 is 1. The number of rotatable bonds is 5. The number of ether oxygens (including phenoxy) is 1. The highest BCUT2D eigenvalue weighted by Crippen LogP contribution is 2.22. The van der Waals surface area contributed by atoms with Gasteiger partial charge in [-0.15, -0.1) is 11.3 Å². The van der Waals surface area contributed by atoms with E-state index < -0.39 is 0 Å². The Balaban J connectivity index is 2.13. The minimum Gasteiger partial charge on any atom is -0.383 e. The van der Waals surface area contributed by atoms with Gasteiger partial charge in [-0.05, 0) is 6.07 Å². The third kappa shape index (κ3) is 2.93. The molecule has 0 atom stereocenters. The smallest absolute Gasteiger partial charge is 0.266 e. The number of anilines is 1. The van der Waals surface area contributed by atoms with E-state index in [4.69, 9.17) is 4.74 Å². The Hall–Kier alpha value is -1.73. The molecule has 2 aromatic rings. The summed E-state index contributed by atoms with van der Waals surface area (Å²) in [4.78, 5) is 15.6. The van der Waals surface area contributed by atoms with Crippen molar-refractivity contribution in [1.29, 1.82) is 0 Å². The summed E-state index contributed by atoms with van der Waals surface area (Å²) < 4.78 is 6.25. The number of nitrogens with one attached hydrogen (secondary N) is 1. The monoisotopic (exact) mass is 266 g/mol. The molecule has 0 aliphatic heterocycles. The topological polar surface area (TPSA) is 69.0 Å². The van der Waals surface area contributed by atoms with E-state index in [-0.39, 0.29) is 5.56 Å². The van der Waals surface area contributed by atoms with E-state index in [1.54, 1.807) is 20.2 Å². The van der Waals surface area contributed by atoms with Crippen molar-refractivity contribution in [2.24, 2.45) is 7.05 Å². The third-order valence-electron chi connectivity index (χ3n) is 2.31. The lowest BCUT2D eigenvalue weighted by atomic mass is 10.3. The zero-order chi connectivity index (χ0) is 13.0. The van der Waals surface area contributed by atoms with E-state index >= 15 is 0 Å². The quantitative estimate of drug-likeness (QED) is 0.816. The molecule has 0 fully saturated rings. The van der Waals surface area contributed by atoms with Crippen molar-refractivity contribution in [3.05, 3.63) is 27.9 Å². The molecule has 0 saturated heterocycles. The summed E-state index contributed by atoms with van der Waals surface area (Å²) in [5.74, 6) is 0.